The number of aromatic nitrogens is 2. The molecule has 7 heteroatoms. The quantitative estimate of drug-likeness (QED) is 0.392. The van der Waals surface area contributed by atoms with Crippen LogP contribution in [-0.4, -0.2) is 41.7 Å². The number of morpholine rings is 1. The first-order valence-electron chi connectivity index (χ1n) is 11.2. The highest BCUT2D eigenvalue weighted by Crippen LogP contribution is 2.32. The molecule has 1 atom stereocenters. The molecule has 3 aromatic carbocycles. The largest absolute Gasteiger partial charge is 0.457 e. The summed E-state index contributed by atoms with van der Waals surface area (Å²) in [5.74, 6) is -0.0430. The SMILES string of the molecule is C[C@H]1COCCN1c1nc2cc(C(=O)OCc3ccccc3)ccc2nc1-c1ccc(F)cc1. The Morgan fingerprint density at radius 1 is 1.06 bits per heavy atom. The van der Waals surface area contributed by atoms with Gasteiger partial charge in [-0.05, 0) is 55.0 Å². The minimum Gasteiger partial charge on any atom is -0.457 e. The molecule has 1 fully saturated rings. The molecule has 0 amide bonds. The van der Waals surface area contributed by atoms with Crippen LogP contribution in [0.5, 0.6) is 0 Å². The summed E-state index contributed by atoms with van der Waals surface area (Å²) in [4.78, 5) is 24.6. The first kappa shape index (κ1) is 22.0. The molecular weight excluding hydrogens is 433 g/mol. The van der Waals surface area contributed by atoms with Gasteiger partial charge in [-0.2, -0.15) is 0 Å². The molecule has 172 valence electrons. The van der Waals surface area contributed by atoms with E-state index in [0.29, 0.717) is 47.9 Å². The van der Waals surface area contributed by atoms with Gasteiger partial charge in [0.05, 0.1) is 35.9 Å². The van der Waals surface area contributed by atoms with Crippen LogP contribution in [0.25, 0.3) is 22.3 Å². The topological polar surface area (TPSA) is 64.5 Å². The number of halogens is 1. The standard InChI is InChI=1S/C27H24FN3O3/c1-18-16-33-14-13-31(18)26-25(20-7-10-22(28)11-8-20)29-23-12-9-21(15-24(23)30-26)27(32)34-17-19-5-3-2-4-6-19/h2-12,15,18H,13-14,16-17H2,1H3/t18-/m0/s1. The van der Waals surface area contributed by atoms with E-state index in [0.717, 1.165) is 11.1 Å². The molecule has 0 saturated carbocycles. The number of ether oxygens (including phenoxy) is 2. The molecule has 0 N–H and O–H groups in total. The van der Waals surface area contributed by atoms with E-state index in [9.17, 15) is 9.18 Å². The van der Waals surface area contributed by atoms with Crippen LogP contribution in [0.3, 0.4) is 0 Å². The maximum absolute atomic E-state index is 13.6. The van der Waals surface area contributed by atoms with Crippen LogP contribution in [0, 0.1) is 5.82 Å². The van der Waals surface area contributed by atoms with Crippen molar-refractivity contribution < 1.29 is 18.7 Å². The van der Waals surface area contributed by atoms with E-state index in [4.69, 9.17) is 19.4 Å². The number of hydrogen-bond acceptors (Lipinski definition) is 6. The smallest absolute Gasteiger partial charge is 0.338 e. The lowest BCUT2D eigenvalue weighted by Gasteiger charge is -2.35. The average molecular weight is 458 g/mol. The summed E-state index contributed by atoms with van der Waals surface area (Å²) >= 11 is 0. The summed E-state index contributed by atoms with van der Waals surface area (Å²) in [7, 11) is 0. The molecule has 5 rings (SSSR count). The van der Waals surface area contributed by atoms with E-state index in [1.54, 1.807) is 30.3 Å². The van der Waals surface area contributed by atoms with Crippen LogP contribution in [0.1, 0.15) is 22.8 Å². The second-order valence-corrected chi connectivity index (χ2v) is 8.29. The van der Waals surface area contributed by atoms with Crippen molar-refractivity contribution in [3.8, 4) is 11.3 Å². The molecule has 0 radical (unpaired) electrons. The van der Waals surface area contributed by atoms with Gasteiger partial charge in [0.15, 0.2) is 5.82 Å². The Kier molecular flexibility index (Phi) is 6.18. The predicted octanol–water partition coefficient (Wildman–Crippen LogP) is 5.02. The van der Waals surface area contributed by atoms with Crippen molar-refractivity contribution in [1.29, 1.82) is 0 Å². The van der Waals surface area contributed by atoms with Gasteiger partial charge in [-0.3, -0.25) is 0 Å². The normalized spacial score (nSPS) is 15.9. The highest BCUT2D eigenvalue weighted by atomic mass is 19.1. The molecule has 1 aromatic heterocycles. The summed E-state index contributed by atoms with van der Waals surface area (Å²) in [5.41, 5.74) is 4.01. The molecule has 0 aliphatic carbocycles. The third kappa shape index (κ3) is 4.61. The van der Waals surface area contributed by atoms with Crippen LogP contribution in [0.2, 0.25) is 0 Å². The fraction of sp³-hybridized carbons (Fsp3) is 0.222. The number of fused-ring (bicyclic) bond motifs is 1. The van der Waals surface area contributed by atoms with Crippen molar-refractivity contribution in [1.82, 2.24) is 9.97 Å². The van der Waals surface area contributed by atoms with Crippen LogP contribution >= 0.6 is 0 Å². The van der Waals surface area contributed by atoms with Crippen LogP contribution in [0.15, 0.2) is 72.8 Å². The van der Waals surface area contributed by atoms with Gasteiger partial charge < -0.3 is 14.4 Å². The third-order valence-electron chi connectivity index (χ3n) is 5.85. The zero-order valence-corrected chi connectivity index (χ0v) is 18.8. The molecular formula is C27H24FN3O3. The number of carbonyl (C=O) groups excluding carboxylic acids is 1. The third-order valence-corrected chi connectivity index (χ3v) is 5.85. The Bertz CT molecular complexity index is 1310. The van der Waals surface area contributed by atoms with Gasteiger partial charge >= 0.3 is 5.97 Å². The second kappa shape index (κ2) is 9.57. The number of rotatable bonds is 5. The number of anilines is 1. The monoisotopic (exact) mass is 457 g/mol. The lowest BCUT2D eigenvalue weighted by atomic mass is 10.1. The van der Waals surface area contributed by atoms with Gasteiger partial charge in [0, 0.05) is 12.1 Å². The van der Waals surface area contributed by atoms with E-state index in [2.05, 4.69) is 11.8 Å². The van der Waals surface area contributed by atoms with Crippen LogP contribution in [-0.2, 0) is 16.1 Å². The molecule has 1 aliphatic rings. The first-order chi connectivity index (χ1) is 16.6. The van der Waals surface area contributed by atoms with Crippen molar-refractivity contribution in [2.75, 3.05) is 24.7 Å². The van der Waals surface area contributed by atoms with E-state index < -0.39 is 5.97 Å². The highest BCUT2D eigenvalue weighted by Gasteiger charge is 2.25. The van der Waals surface area contributed by atoms with Gasteiger partial charge in [0.2, 0.25) is 0 Å². The summed E-state index contributed by atoms with van der Waals surface area (Å²) in [5, 5.41) is 0. The summed E-state index contributed by atoms with van der Waals surface area (Å²) in [6, 6.07) is 21.0. The minimum atomic E-state index is -0.420. The number of benzene rings is 3. The van der Waals surface area contributed by atoms with Gasteiger partial charge in [-0.15, -0.1) is 0 Å². The lowest BCUT2D eigenvalue weighted by Crippen LogP contribution is -2.44. The maximum atomic E-state index is 13.6. The molecule has 0 unspecified atom stereocenters. The average Bonchev–Trinajstić information content (AvgIpc) is 2.87. The Morgan fingerprint density at radius 2 is 1.85 bits per heavy atom. The second-order valence-electron chi connectivity index (χ2n) is 8.29. The van der Waals surface area contributed by atoms with Gasteiger partial charge in [-0.25, -0.2) is 19.2 Å². The summed E-state index contributed by atoms with van der Waals surface area (Å²) in [6.45, 7) is 4.09. The van der Waals surface area contributed by atoms with Crippen molar-refractivity contribution in [3.05, 3.63) is 89.7 Å². The minimum absolute atomic E-state index is 0.0960. The Hall–Kier alpha value is -3.84. The maximum Gasteiger partial charge on any atom is 0.338 e. The zero-order chi connectivity index (χ0) is 23.5. The number of esters is 1. The van der Waals surface area contributed by atoms with Crippen molar-refractivity contribution >= 4 is 22.8 Å². The van der Waals surface area contributed by atoms with E-state index in [1.165, 1.54) is 12.1 Å². The molecule has 1 saturated heterocycles. The molecule has 2 heterocycles. The Labute approximate surface area is 197 Å². The fourth-order valence-electron chi connectivity index (χ4n) is 4.02. The summed E-state index contributed by atoms with van der Waals surface area (Å²) < 4.78 is 24.6. The van der Waals surface area contributed by atoms with Crippen molar-refractivity contribution in [2.45, 2.75) is 19.6 Å². The van der Waals surface area contributed by atoms with Gasteiger partial charge in [0.25, 0.3) is 0 Å². The van der Waals surface area contributed by atoms with E-state index >= 15 is 0 Å². The molecule has 0 bridgehead atoms. The molecule has 6 nitrogen and oxygen atoms in total. The van der Waals surface area contributed by atoms with Crippen LogP contribution in [0.4, 0.5) is 10.2 Å². The number of nitrogens with zero attached hydrogens (tertiary/aromatic N) is 3. The van der Waals surface area contributed by atoms with Crippen LogP contribution < -0.4 is 4.90 Å². The molecule has 34 heavy (non-hydrogen) atoms. The van der Waals surface area contributed by atoms with Crippen molar-refractivity contribution in [2.24, 2.45) is 0 Å². The lowest BCUT2D eigenvalue weighted by molar-refractivity contribution is 0.0473. The first-order valence-corrected chi connectivity index (χ1v) is 11.2. The van der Waals surface area contributed by atoms with Gasteiger partial charge in [0.1, 0.15) is 18.1 Å². The predicted molar refractivity (Wildman–Crippen MR) is 128 cm³/mol. The fourth-order valence-corrected chi connectivity index (χ4v) is 4.02. The molecule has 1 aliphatic heterocycles. The molecule has 4 aromatic rings. The van der Waals surface area contributed by atoms with Gasteiger partial charge in [-0.1, -0.05) is 30.3 Å². The van der Waals surface area contributed by atoms with E-state index in [1.807, 2.05) is 30.3 Å². The zero-order valence-electron chi connectivity index (χ0n) is 18.8. The molecule has 0 spiro atoms. The summed E-state index contributed by atoms with van der Waals surface area (Å²) in [6.07, 6.45) is 0. The highest BCUT2D eigenvalue weighted by molar-refractivity contribution is 5.94. The van der Waals surface area contributed by atoms with Crippen molar-refractivity contribution in [3.63, 3.8) is 0 Å². The Morgan fingerprint density at radius 3 is 2.62 bits per heavy atom. The van der Waals surface area contributed by atoms with E-state index in [-0.39, 0.29) is 18.5 Å². The Balaban J connectivity index is 1.52. The number of carbonyl (C=O) groups is 1. The number of hydrogen-bond donors (Lipinski definition) is 0.